The van der Waals surface area contributed by atoms with E-state index < -0.39 is 5.91 Å². The molecule has 0 bridgehead atoms. The van der Waals surface area contributed by atoms with Gasteiger partial charge in [-0.05, 0) is 47.7 Å². The number of para-hydroxylation sites is 1. The molecule has 0 aliphatic heterocycles. The highest BCUT2D eigenvalue weighted by Crippen LogP contribution is 2.27. The summed E-state index contributed by atoms with van der Waals surface area (Å²) >= 11 is 0. The van der Waals surface area contributed by atoms with Gasteiger partial charge in [-0.2, -0.15) is 0 Å². The van der Waals surface area contributed by atoms with E-state index in [9.17, 15) is 4.79 Å². The van der Waals surface area contributed by atoms with Crippen molar-refractivity contribution >= 4 is 22.9 Å². The number of nitrogens with one attached hydrogen (secondary N) is 3. The fourth-order valence-electron chi connectivity index (χ4n) is 3.38. The lowest BCUT2D eigenvalue weighted by Gasteiger charge is -2.09. The zero-order valence-electron chi connectivity index (χ0n) is 16.3. The van der Waals surface area contributed by atoms with E-state index in [1.165, 1.54) is 33.8 Å². The molecule has 1 aromatic heterocycles. The van der Waals surface area contributed by atoms with Crippen LogP contribution in [0, 0.1) is 0 Å². The van der Waals surface area contributed by atoms with Crippen molar-refractivity contribution in [1.82, 2.24) is 15.8 Å². The number of aromatic nitrogens is 1. The first-order valence-corrected chi connectivity index (χ1v) is 9.59. The molecule has 2 aromatic carbocycles. The molecule has 1 heterocycles. The molecule has 0 saturated heterocycles. The number of H-pyrrole nitrogens is 1. The highest BCUT2D eigenvalue weighted by molar-refractivity contribution is 5.90. The summed E-state index contributed by atoms with van der Waals surface area (Å²) in [7, 11) is 0. The van der Waals surface area contributed by atoms with Gasteiger partial charge in [-0.3, -0.25) is 10.0 Å². The summed E-state index contributed by atoms with van der Waals surface area (Å²) in [6.45, 7) is 6.14. The van der Waals surface area contributed by atoms with Crippen LogP contribution in [0.2, 0.25) is 0 Å². The fraction of sp³-hybridized carbons (Fsp3) is 0.261. The molecule has 0 spiro atoms. The minimum Gasteiger partial charge on any atom is -0.358 e. The summed E-state index contributed by atoms with van der Waals surface area (Å²) in [6.07, 6.45) is 3.93. The van der Waals surface area contributed by atoms with E-state index in [0.717, 1.165) is 25.1 Å². The maximum absolute atomic E-state index is 11.0. The molecular weight excluding hydrogens is 350 g/mol. The Labute approximate surface area is 165 Å². The smallest absolute Gasteiger partial charge is 0.267 e. The lowest BCUT2D eigenvalue weighted by atomic mass is 10.0. The molecule has 3 rings (SSSR count). The molecule has 28 heavy (non-hydrogen) atoms. The number of benzene rings is 2. The quantitative estimate of drug-likeness (QED) is 0.206. The van der Waals surface area contributed by atoms with Gasteiger partial charge >= 0.3 is 0 Å². The molecule has 0 aliphatic carbocycles. The topological polar surface area (TPSA) is 77.2 Å². The van der Waals surface area contributed by atoms with Crippen LogP contribution in [-0.2, 0) is 17.8 Å². The molecule has 1 amide bonds. The van der Waals surface area contributed by atoms with Gasteiger partial charge in [0.25, 0.3) is 5.91 Å². The second kappa shape index (κ2) is 9.35. The second-order valence-corrected chi connectivity index (χ2v) is 7.20. The third kappa shape index (κ3) is 4.88. The molecule has 0 unspecified atom stereocenters. The van der Waals surface area contributed by atoms with Crippen LogP contribution in [0.5, 0.6) is 0 Å². The predicted octanol–water partition coefficient (Wildman–Crippen LogP) is 4.14. The second-order valence-electron chi connectivity index (χ2n) is 7.20. The van der Waals surface area contributed by atoms with Gasteiger partial charge in [-0.1, -0.05) is 56.3 Å². The first kappa shape index (κ1) is 19.9. The van der Waals surface area contributed by atoms with Gasteiger partial charge in [0.2, 0.25) is 0 Å². The molecule has 0 aliphatic rings. The molecule has 146 valence electrons. The number of rotatable bonds is 8. The summed E-state index contributed by atoms with van der Waals surface area (Å²) < 4.78 is 0. The first-order chi connectivity index (χ1) is 13.6. The van der Waals surface area contributed by atoms with Gasteiger partial charge in [0.15, 0.2) is 0 Å². The van der Waals surface area contributed by atoms with Crippen LogP contribution in [0.25, 0.3) is 17.0 Å². The number of hydroxylamine groups is 1. The lowest BCUT2D eigenvalue weighted by Crippen LogP contribution is -2.17. The molecule has 3 aromatic rings. The van der Waals surface area contributed by atoms with Crippen molar-refractivity contribution in [3.8, 4) is 0 Å². The predicted molar refractivity (Wildman–Crippen MR) is 113 cm³/mol. The summed E-state index contributed by atoms with van der Waals surface area (Å²) in [5.41, 5.74) is 7.61. The van der Waals surface area contributed by atoms with Crippen LogP contribution < -0.4 is 10.8 Å². The lowest BCUT2D eigenvalue weighted by molar-refractivity contribution is -0.124. The molecule has 0 fully saturated rings. The minimum absolute atomic E-state index is 0.468. The van der Waals surface area contributed by atoms with E-state index in [-0.39, 0.29) is 0 Å². The highest BCUT2D eigenvalue weighted by Gasteiger charge is 2.13. The van der Waals surface area contributed by atoms with E-state index in [1.54, 1.807) is 11.6 Å². The van der Waals surface area contributed by atoms with Crippen molar-refractivity contribution in [3.63, 3.8) is 0 Å². The van der Waals surface area contributed by atoms with Crippen molar-refractivity contribution in [2.24, 2.45) is 0 Å². The summed E-state index contributed by atoms with van der Waals surface area (Å²) in [6, 6.07) is 16.5. The van der Waals surface area contributed by atoms with Crippen LogP contribution in [0.3, 0.4) is 0 Å². The zero-order chi connectivity index (χ0) is 19.9. The average Bonchev–Trinajstić information content (AvgIpc) is 3.09. The van der Waals surface area contributed by atoms with E-state index >= 15 is 0 Å². The Balaban J connectivity index is 1.56. The van der Waals surface area contributed by atoms with E-state index in [2.05, 4.69) is 48.4 Å². The Morgan fingerprint density at radius 2 is 1.89 bits per heavy atom. The molecular formula is C23H27N3O2. The number of carbonyl (C=O) groups is 1. The van der Waals surface area contributed by atoms with Gasteiger partial charge in [0, 0.05) is 29.2 Å². The van der Waals surface area contributed by atoms with Crippen molar-refractivity contribution in [2.75, 3.05) is 6.54 Å². The van der Waals surface area contributed by atoms with Gasteiger partial charge in [0.05, 0.1) is 0 Å². The number of amides is 1. The van der Waals surface area contributed by atoms with Crippen molar-refractivity contribution < 1.29 is 10.0 Å². The molecule has 5 nitrogen and oxygen atoms in total. The fourth-order valence-corrected chi connectivity index (χ4v) is 3.38. The number of fused-ring (bicyclic) bond motifs is 1. The molecule has 4 N–H and O–H groups in total. The third-order valence-corrected chi connectivity index (χ3v) is 4.82. The number of aromatic amines is 1. The van der Waals surface area contributed by atoms with Gasteiger partial charge in [-0.15, -0.1) is 0 Å². The summed E-state index contributed by atoms with van der Waals surface area (Å²) in [4.78, 5) is 14.6. The SMILES string of the molecule is CC(C)c1[nH]c2ccccc2c1CCNCc1ccc(/C=C/C(=O)NO)cc1. The Kier molecular flexibility index (Phi) is 6.63. The van der Waals surface area contributed by atoms with Gasteiger partial charge in [0.1, 0.15) is 0 Å². The van der Waals surface area contributed by atoms with E-state index in [0.29, 0.717) is 5.92 Å². The Morgan fingerprint density at radius 3 is 2.61 bits per heavy atom. The largest absolute Gasteiger partial charge is 0.358 e. The number of hydrogen-bond acceptors (Lipinski definition) is 3. The summed E-state index contributed by atoms with van der Waals surface area (Å²) in [5, 5.41) is 13.3. The standard InChI is InChI=1S/C23H27N3O2/c1-16(2)23-20(19-5-3-4-6-21(19)25-23)13-14-24-15-18-9-7-17(8-10-18)11-12-22(27)26-28/h3-12,16,24-25,28H,13-15H2,1-2H3,(H,26,27)/b12-11+. The van der Waals surface area contributed by atoms with Crippen LogP contribution >= 0.6 is 0 Å². The maximum atomic E-state index is 11.0. The molecule has 0 atom stereocenters. The third-order valence-electron chi connectivity index (χ3n) is 4.82. The number of carbonyl (C=O) groups excluding carboxylic acids is 1. The van der Waals surface area contributed by atoms with E-state index in [4.69, 9.17) is 5.21 Å². The average molecular weight is 377 g/mol. The molecule has 5 heteroatoms. The minimum atomic E-state index is -0.538. The van der Waals surface area contributed by atoms with Crippen LogP contribution in [0.1, 0.15) is 42.1 Å². The monoisotopic (exact) mass is 377 g/mol. The highest BCUT2D eigenvalue weighted by atomic mass is 16.5. The van der Waals surface area contributed by atoms with Crippen LogP contribution in [-0.4, -0.2) is 22.6 Å². The molecule has 0 saturated carbocycles. The number of hydrogen-bond donors (Lipinski definition) is 4. The van der Waals surface area contributed by atoms with Crippen LogP contribution in [0.15, 0.2) is 54.6 Å². The van der Waals surface area contributed by atoms with Crippen molar-refractivity contribution in [1.29, 1.82) is 0 Å². The Hall–Kier alpha value is -2.89. The van der Waals surface area contributed by atoms with E-state index in [1.807, 2.05) is 24.3 Å². The van der Waals surface area contributed by atoms with Crippen molar-refractivity contribution in [3.05, 3.63) is 77.0 Å². The normalized spacial score (nSPS) is 11.6. The summed E-state index contributed by atoms with van der Waals surface area (Å²) in [5.74, 6) is -0.0697. The van der Waals surface area contributed by atoms with Gasteiger partial charge < -0.3 is 10.3 Å². The zero-order valence-corrected chi connectivity index (χ0v) is 16.3. The van der Waals surface area contributed by atoms with Crippen LogP contribution in [0.4, 0.5) is 0 Å². The first-order valence-electron chi connectivity index (χ1n) is 9.59. The molecule has 0 radical (unpaired) electrons. The van der Waals surface area contributed by atoms with Gasteiger partial charge in [-0.25, -0.2) is 5.48 Å². The Bertz CT molecular complexity index is 956. The Morgan fingerprint density at radius 1 is 1.14 bits per heavy atom. The van der Waals surface area contributed by atoms with Crippen molar-refractivity contribution in [2.45, 2.75) is 32.7 Å². The maximum Gasteiger partial charge on any atom is 0.267 e.